The van der Waals surface area contributed by atoms with Crippen LogP contribution >= 0.6 is 0 Å². The van der Waals surface area contributed by atoms with Crippen molar-refractivity contribution in [2.45, 2.75) is 39.0 Å². The van der Waals surface area contributed by atoms with Crippen molar-refractivity contribution in [3.8, 4) is 0 Å². The molecule has 1 aromatic heterocycles. The largest absolute Gasteiger partial charge is 0.462 e. The molecular formula is C13H21NO3. The summed E-state index contributed by atoms with van der Waals surface area (Å²) < 4.78 is 16.8. The fourth-order valence-corrected chi connectivity index (χ4v) is 2.06. The van der Waals surface area contributed by atoms with Crippen molar-refractivity contribution in [1.82, 2.24) is 5.32 Å². The van der Waals surface area contributed by atoms with Gasteiger partial charge in [0.1, 0.15) is 18.1 Å². The third kappa shape index (κ3) is 3.56. The summed E-state index contributed by atoms with van der Waals surface area (Å²) in [7, 11) is 1.91. The first-order chi connectivity index (χ1) is 8.29. The molecule has 0 spiro atoms. The molecule has 1 atom stereocenters. The zero-order valence-electron chi connectivity index (χ0n) is 10.6. The highest BCUT2D eigenvalue weighted by atomic mass is 16.5. The number of furan rings is 1. The Labute approximate surface area is 102 Å². The number of ether oxygens (including phenoxy) is 2. The highest BCUT2D eigenvalue weighted by Gasteiger charge is 2.15. The van der Waals surface area contributed by atoms with Crippen LogP contribution in [0, 0.1) is 6.92 Å². The summed E-state index contributed by atoms with van der Waals surface area (Å²) in [5.74, 6) is 1.88. The Morgan fingerprint density at radius 3 is 3.12 bits per heavy atom. The highest BCUT2D eigenvalue weighted by Crippen LogP contribution is 2.17. The standard InChI is InChI=1S/C13H21NO3/c1-10-6-12(17-13(10)7-14-2)9-15-8-11-4-3-5-16-11/h6,11,14H,3-5,7-9H2,1-2H3. The van der Waals surface area contributed by atoms with Crippen molar-refractivity contribution in [2.24, 2.45) is 0 Å². The van der Waals surface area contributed by atoms with E-state index in [2.05, 4.69) is 12.2 Å². The first-order valence-corrected chi connectivity index (χ1v) is 6.21. The third-order valence-corrected chi connectivity index (χ3v) is 2.98. The van der Waals surface area contributed by atoms with E-state index in [4.69, 9.17) is 13.9 Å². The fourth-order valence-electron chi connectivity index (χ4n) is 2.06. The van der Waals surface area contributed by atoms with E-state index >= 15 is 0 Å². The van der Waals surface area contributed by atoms with Crippen molar-refractivity contribution in [1.29, 1.82) is 0 Å². The molecule has 4 nitrogen and oxygen atoms in total. The van der Waals surface area contributed by atoms with Gasteiger partial charge in [0.25, 0.3) is 0 Å². The van der Waals surface area contributed by atoms with E-state index in [9.17, 15) is 0 Å². The maximum atomic E-state index is 5.69. The maximum Gasteiger partial charge on any atom is 0.130 e. The smallest absolute Gasteiger partial charge is 0.130 e. The zero-order chi connectivity index (χ0) is 12.1. The summed E-state index contributed by atoms with van der Waals surface area (Å²) in [5, 5.41) is 3.08. The summed E-state index contributed by atoms with van der Waals surface area (Å²) in [6.45, 7) is 4.89. The molecule has 2 rings (SSSR count). The Morgan fingerprint density at radius 2 is 2.41 bits per heavy atom. The van der Waals surface area contributed by atoms with Crippen LogP contribution in [0.15, 0.2) is 10.5 Å². The average Bonchev–Trinajstić information content (AvgIpc) is 2.91. The van der Waals surface area contributed by atoms with E-state index in [1.165, 1.54) is 5.56 Å². The first kappa shape index (κ1) is 12.6. The molecule has 1 aliphatic heterocycles. The zero-order valence-corrected chi connectivity index (χ0v) is 10.6. The molecule has 1 unspecified atom stereocenters. The van der Waals surface area contributed by atoms with Crippen LogP contribution in [0.4, 0.5) is 0 Å². The quantitative estimate of drug-likeness (QED) is 0.824. The Bertz CT molecular complexity index is 342. The number of nitrogens with one attached hydrogen (secondary N) is 1. The van der Waals surface area contributed by atoms with E-state index in [1.54, 1.807) is 0 Å². The minimum absolute atomic E-state index is 0.280. The first-order valence-electron chi connectivity index (χ1n) is 6.21. The van der Waals surface area contributed by atoms with Crippen molar-refractivity contribution in [2.75, 3.05) is 20.3 Å². The SMILES string of the molecule is CNCc1oc(COCC2CCCO2)cc1C. The molecule has 1 aromatic rings. The lowest BCUT2D eigenvalue weighted by Crippen LogP contribution is -2.13. The molecule has 1 saturated heterocycles. The van der Waals surface area contributed by atoms with Crippen molar-refractivity contribution in [3.63, 3.8) is 0 Å². The van der Waals surface area contributed by atoms with Gasteiger partial charge in [-0.1, -0.05) is 0 Å². The Balaban J connectivity index is 1.76. The molecule has 17 heavy (non-hydrogen) atoms. The molecule has 0 bridgehead atoms. The monoisotopic (exact) mass is 239 g/mol. The number of hydrogen-bond donors (Lipinski definition) is 1. The molecule has 0 amide bonds. The van der Waals surface area contributed by atoms with Gasteiger partial charge in [-0.25, -0.2) is 0 Å². The van der Waals surface area contributed by atoms with E-state index < -0.39 is 0 Å². The normalized spacial score (nSPS) is 20.0. The molecule has 4 heteroatoms. The molecule has 0 radical (unpaired) electrons. The van der Waals surface area contributed by atoms with Crippen LogP contribution in [-0.4, -0.2) is 26.4 Å². The number of aryl methyl sites for hydroxylation is 1. The highest BCUT2D eigenvalue weighted by molar-refractivity contribution is 5.19. The molecule has 0 aromatic carbocycles. The molecule has 1 aliphatic rings. The van der Waals surface area contributed by atoms with Crippen LogP contribution in [-0.2, 0) is 22.6 Å². The average molecular weight is 239 g/mol. The van der Waals surface area contributed by atoms with E-state index in [0.717, 1.165) is 37.5 Å². The van der Waals surface area contributed by atoms with Crippen LogP contribution < -0.4 is 5.32 Å². The minimum atomic E-state index is 0.280. The van der Waals surface area contributed by atoms with Gasteiger partial charge >= 0.3 is 0 Å². The third-order valence-electron chi connectivity index (χ3n) is 2.98. The summed E-state index contributed by atoms with van der Waals surface area (Å²) >= 11 is 0. The van der Waals surface area contributed by atoms with Gasteiger partial charge in [0.05, 0.1) is 19.3 Å². The minimum Gasteiger partial charge on any atom is -0.462 e. The molecule has 1 N–H and O–H groups in total. The topological polar surface area (TPSA) is 43.6 Å². The summed E-state index contributed by atoms with van der Waals surface area (Å²) in [6.07, 6.45) is 2.55. The van der Waals surface area contributed by atoms with Gasteiger partial charge in [0, 0.05) is 6.61 Å². The molecule has 0 saturated carbocycles. The van der Waals surface area contributed by atoms with E-state index in [-0.39, 0.29) is 6.10 Å². The van der Waals surface area contributed by atoms with Crippen LogP contribution in [0.2, 0.25) is 0 Å². The molecule has 2 heterocycles. The second kappa shape index (κ2) is 6.19. The summed E-state index contributed by atoms with van der Waals surface area (Å²) in [4.78, 5) is 0. The second-order valence-electron chi connectivity index (χ2n) is 4.50. The lowest BCUT2D eigenvalue weighted by molar-refractivity contribution is 0.00557. The predicted octanol–water partition coefficient (Wildman–Crippen LogP) is 2.00. The van der Waals surface area contributed by atoms with E-state index in [1.807, 2.05) is 13.1 Å². The van der Waals surface area contributed by atoms with Gasteiger partial charge in [-0.2, -0.15) is 0 Å². The Kier molecular flexibility index (Phi) is 4.59. The number of hydrogen-bond acceptors (Lipinski definition) is 4. The Morgan fingerprint density at radius 1 is 1.53 bits per heavy atom. The van der Waals surface area contributed by atoms with Gasteiger partial charge in [-0.3, -0.25) is 0 Å². The predicted molar refractivity (Wildman–Crippen MR) is 64.8 cm³/mol. The van der Waals surface area contributed by atoms with Crippen molar-refractivity contribution >= 4 is 0 Å². The summed E-state index contributed by atoms with van der Waals surface area (Å²) in [6, 6.07) is 2.04. The van der Waals surface area contributed by atoms with Crippen LogP contribution in [0.3, 0.4) is 0 Å². The van der Waals surface area contributed by atoms with Crippen LogP contribution in [0.5, 0.6) is 0 Å². The lowest BCUT2D eigenvalue weighted by atomic mass is 10.2. The summed E-state index contributed by atoms with van der Waals surface area (Å²) in [5.41, 5.74) is 1.18. The van der Waals surface area contributed by atoms with Crippen molar-refractivity contribution < 1.29 is 13.9 Å². The van der Waals surface area contributed by atoms with Crippen LogP contribution in [0.25, 0.3) is 0 Å². The van der Waals surface area contributed by atoms with Crippen molar-refractivity contribution in [3.05, 3.63) is 23.2 Å². The van der Waals surface area contributed by atoms with Gasteiger partial charge in [0.2, 0.25) is 0 Å². The van der Waals surface area contributed by atoms with Gasteiger partial charge < -0.3 is 19.2 Å². The molecule has 0 aliphatic carbocycles. The van der Waals surface area contributed by atoms with Gasteiger partial charge in [-0.15, -0.1) is 0 Å². The second-order valence-corrected chi connectivity index (χ2v) is 4.50. The van der Waals surface area contributed by atoms with E-state index in [0.29, 0.717) is 13.2 Å². The molecule has 1 fully saturated rings. The van der Waals surface area contributed by atoms with Crippen LogP contribution in [0.1, 0.15) is 29.9 Å². The number of rotatable bonds is 6. The fraction of sp³-hybridized carbons (Fsp3) is 0.692. The van der Waals surface area contributed by atoms with Gasteiger partial charge in [0.15, 0.2) is 0 Å². The lowest BCUT2D eigenvalue weighted by Gasteiger charge is -2.08. The maximum absolute atomic E-state index is 5.69. The Hall–Kier alpha value is -0.840. The van der Waals surface area contributed by atoms with Gasteiger partial charge in [-0.05, 0) is 38.4 Å². The molecular weight excluding hydrogens is 218 g/mol. The molecule has 96 valence electrons.